The van der Waals surface area contributed by atoms with Crippen molar-refractivity contribution in [1.82, 2.24) is 15.3 Å². The van der Waals surface area contributed by atoms with Gasteiger partial charge >= 0.3 is 0 Å². The molecular weight excluding hydrogens is 547 g/mol. The van der Waals surface area contributed by atoms with E-state index in [1.54, 1.807) is 0 Å². The van der Waals surface area contributed by atoms with Gasteiger partial charge in [-0.2, -0.15) is 0 Å². The third-order valence-corrected chi connectivity index (χ3v) is 7.63. The largest absolute Gasteiger partial charge is 0.485 e. The highest BCUT2D eigenvalue weighted by molar-refractivity contribution is 6.18. The van der Waals surface area contributed by atoms with Crippen molar-refractivity contribution in [1.29, 1.82) is 0 Å². The van der Waals surface area contributed by atoms with Crippen LogP contribution in [-0.4, -0.2) is 83.3 Å². The second kappa shape index (κ2) is 11.2. The number of nitrogens with one attached hydrogen (secondary N) is 2. The number of rotatable bonds is 8. The summed E-state index contributed by atoms with van der Waals surface area (Å²) in [6.07, 6.45) is 0.0784. The van der Waals surface area contributed by atoms with Crippen LogP contribution in [0.25, 0.3) is 0 Å². The van der Waals surface area contributed by atoms with E-state index < -0.39 is 58.8 Å². The molecule has 5 rings (SSSR count). The van der Waals surface area contributed by atoms with Gasteiger partial charge in [0.2, 0.25) is 11.8 Å². The highest BCUT2D eigenvalue weighted by atomic mass is 19.1. The molecule has 2 atom stereocenters. The second-order valence-electron chi connectivity index (χ2n) is 10.5. The predicted octanol–water partition coefficient (Wildman–Crippen LogP) is 0.520. The Hall–Kier alpha value is -3.82. The number of anilines is 1. The minimum atomic E-state index is -2.21. The molecule has 7 N–H and O–H groups in total. The number of halogens is 3. The normalized spacial score (nSPS) is 23.2. The molecular formula is C26H30F3N7O5. The quantitative estimate of drug-likeness (QED) is 0.279. The zero-order valence-corrected chi connectivity index (χ0v) is 22.0. The van der Waals surface area contributed by atoms with Crippen molar-refractivity contribution in [3.8, 4) is 5.75 Å². The monoisotopic (exact) mass is 577 g/mol. The molecule has 0 aliphatic carbocycles. The number of primary amides is 2. The number of ether oxygens (including phenoxy) is 2. The van der Waals surface area contributed by atoms with Crippen molar-refractivity contribution in [2.75, 3.05) is 38.2 Å². The number of aliphatic imine (C=N–C) groups is 1. The number of hydrogen-bond donors (Lipinski definition) is 5. The number of nitrogens with zero attached hydrogens (tertiary/aromatic N) is 3. The van der Waals surface area contributed by atoms with Crippen LogP contribution in [0, 0.1) is 11.6 Å². The number of nitrogens with two attached hydrogens (primary N) is 2. The Morgan fingerprint density at radius 3 is 2.46 bits per heavy atom. The van der Waals surface area contributed by atoms with Gasteiger partial charge in [0.15, 0.2) is 28.6 Å². The lowest BCUT2D eigenvalue weighted by atomic mass is 9.74. The van der Waals surface area contributed by atoms with Gasteiger partial charge in [0, 0.05) is 63.6 Å². The number of carbonyl (C=O) groups excluding carboxylic acids is 2. The molecule has 2 aromatic rings. The van der Waals surface area contributed by atoms with E-state index in [1.165, 1.54) is 0 Å². The van der Waals surface area contributed by atoms with Crippen LogP contribution in [0.3, 0.4) is 0 Å². The molecule has 3 aliphatic rings. The molecule has 220 valence electrons. The Morgan fingerprint density at radius 2 is 1.83 bits per heavy atom. The Balaban J connectivity index is 1.53. The summed E-state index contributed by atoms with van der Waals surface area (Å²) in [5.74, 6) is -5.13. The summed E-state index contributed by atoms with van der Waals surface area (Å²) in [6, 6.07) is 1.43. The first kappa shape index (κ1) is 28.7. The van der Waals surface area contributed by atoms with Crippen LogP contribution in [0.5, 0.6) is 5.75 Å². The fourth-order valence-corrected chi connectivity index (χ4v) is 5.27. The van der Waals surface area contributed by atoms with Gasteiger partial charge in [-0.25, -0.2) is 28.1 Å². The van der Waals surface area contributed by atoms with Crippen molar-refractivity contribution in [3.63, 3.8) is 0 Å². The maximum absolute atomic E-state index is 15.2. The Bertz CT molecular complexity index is 1350. The first-order valence-electron chi connectivity index (χ1n) is 13.1. The summed E-state index contributed by atoms with van der Waals surface area (Å²) in [5, 5.41) is 16.6. The van der Waals surface area contributed by atoms with E-state index >= 15 is 8.78 Å². The Kier molecular flexibility index (Phi) is 7.85. The third kappa shape index (κ3) is 5.56. The van der Waals surface area contributed by atoms with Crippen LogP contribution >= 0.6 is 0 Å². The number of piperidine rings is 1. The number of alkyl halides is 1. The van der Waals surface area contributed by atoms with Gasteiger partial charge in [-0.15, -0.1) is 0 Å². The van der Waals surface area contributed by atoms with Crippen molar-refractivity contribution in [3.05, 3.63) is 41.4 Å². The van der Waals surface area contributed by atoms with Gasteiger partial charge in [0.25, 0.3) is 0 Å². The van der Waals surface area contributed by atoms with Gasteiger partial charge in [0.1, 0.15) is 30.4 Å². The van der Waals surface area contributed by atoms with Crippen LogP contribution in [0.15, 0.2) is 23.5 Å². The molecule has 41 heavy (non-hydrogen) atoms. The van der Waals surface area contributed by atoms with Gasteiger partial charge in [-0.1, -0.05) is 0 Å². The molecule has 3 aliphatic heterocycles. The van der Waals surface area contributed by atoms with E-state index in [4.69, 9.17) is 20.9 Å². The number of aromatic nitrogens is 2. The topological polar surface area (TPSA) is 187 Å². The molecule has 1 aromatic heterocycles. The molecule has 2 fully saturated rings. The lowest BCUT2D eigenvalue weighted by molar-refractivity contribution is -0.134. The zero-order chi connectivity index (χ0) is 29.4. The fraction of sp³-hybridized carbons (Fsp3) is 0.500. The van der Waals surface area contributed by atoms with E-state index in [0.717, 1.165) is 18.5 Å². The smallest absolute Gasteiger partial charge is 0.239 e. The molecule has 1 aromatic carbocycles. The van der Waals surface area contributed by atoms with E-state index in [1.807, 2.05) is 0 Å². The van der Waals surface area contributed by atoms with Gasteiger partial charge in [-0.3, -0.25) is 9.59 Å². The molecule has 4 heterocycles. The first-order chi connectivity index (χ1) is 19.5. The van der Waals surface area contributed by atoms with Crippen LogP contribution in [0.1, 0.15) is 36.9 Å². The Morgan fingerprint density at radius 1 is 1.15 bits per heavy atom. The molecule has 12 nitrogen and oxygen atoms in total. The third-order valence-electron chi connectivity index (χ3n) is 7.63. The lowest BCUT2D eigenvalue weighted by Gasteiger charge is -2.33. The van der Waals surface area contributed by atoms with Crippen LogP contribution in [0.2, 0.25) is 0 Å². The number of fused-ring (bicyclic) bond motifs is 1. The minimum Gasteiger partial charge on any atom is -0.485 e. The molecule has 0 radical (unpaired) electrons. The molecule has 0 saturated carbocycles. The summed E-state index contributed by atoms with van der Waals surface area (Å²) in [5.41, 5.74) is 7.38. The highest BCUT2D eigenvalue weighted by Gasteiger charge is 2.52. The van der Waals surface area contributed by atoms with E-state index in [9.17, 15) is 19.1 Å². The Labute approximate surface area is 232 Å². The van der Waals surface area contributed by atoms with Gasteiger partial charge in [0.05, 0.1) is 11.4 Å². The number of benzene rings is 1. The van der Waals surface area contributed by atoms with E-state index in [0.29, 0.717) is 19.8 Å². The van der Waals surface area contributed by atoms with Crippen LogP contribution in [-0.2, 0) is 19.7 Å². The van der Waals surface area contributed by atoms with Crippen LogP contribution in [0.4, 0.5) is 24.7 Å². The van der Waals surface area contributed by atoms with Crippen molar-refractivity contribution in [2.24, 2.45) is 16.5 Å². The number of aliphatic hydroxyl groups is 1. The summed E-state index contributed by atoms with van der Waals surface area (Å²) in [7, 11) is 0. The van der Waals surface area contributed by atoms with Crippen molar-refractivity contribution < 1.29 is 37.3 Å². The molecule has 2 amide bonds. The zero-order valence-electron chi connectivity index (χ0n) is 22.0. The summed E-state index contributed by atoms with van der Waals surface area (Å²) in [6.45, 7) is 0.815. The summed E-state index contributed by atoms with van der Waals surface area (Å²) in [4.78, 5) is 38.3. The fourth-order valence-electron chi connectivity index (χ4n) is 5.27. The maximum atomic E-state index is 15.2. The lowest BCUT2D eigenvalue weighted by Crippen LogP contribution is -2.54. The summed E-state index contributed by atoms with van der Waals surface area (Å²) >= 11 is 0. The predicted molar refractivity (Wildman–Crippen MR) is 140 cm³/mol. The maximum Gasteiger partial charge on any atom is 0.239 e. The molecule has 2 saturated heterocycles. The molecule has 0 unspecified atom stereocenters. The molecule has 0 spiro atoms. The minimum absolute atomic E-state index is 0.0607. The second-order valence-corrected chi connectivity index (χ2v) is 10.5. The first-order valence-corrected chi connectivity index (χ1v) is 13.1. The van der Waals surface area contributed by atoms with Crippen LogP contribution < -0.4 is 26.8 Å². The van der Waals surface area contributed by atoms with E-state index in [2.05, 4.69) is 25.6 Å². The standard InChI is InChI=1S/C26H30F3N7O5/c27-14-7-15(10-32-9-14)35-22-19-21(33-12-34-22)26(23(30)37,24(31)38)8-18(36-19)13-5-16(28)20(17(29)6-13)41-11-25(39)1-3-40-4-2-25/h5-6,12,14-15,32,39H,1-4,7-11H2,(H2,30,37)(H2,31,38)(H,33,34,35)/t14-,15-/m0/s1. The highest BCUT2D eigenvalue weighted by Crippen LogP contribution is 2.43. The van der Waals surface area contributed by atoms with Gasteiger partial charge < -0.3 is 36.7 Å². The summed E-state index contributed by atoms with van der Waals surface area (Å²) < 4.78 is 54.9. The average molecular weight is 578 g/mol. The van der Waals surface area contributed by atoms with Gasteiger partial charge in [-0.05, 0) is 12.1 Å². The number of carbonyl (C=O) groups is 2. The van der Waals surface area contributed by atoms with E-state index in [-0.39, 0.29) is 60.9 Å². The number of amides is 2. The molecule has 15 heteroatoms. The van der Waals surface area contributed by atoms with Crippen molar-refractivity contribution in [2.45, 2.75) is 48.9 Å². The molecule has 0 bridgehead atoms. The SMILES string of the molecule is NC(=O)C1(C(N)=O)CC(c2cc(F)c(OCC3(O)CCOCC3)c(F)c2)=Nc2c(N[C@@H]3CNC[C@@H](F)C3)ncnc21. The van der Waals surface area contributed by atoms with Crippen molar-refractivity contribution >= 4 is 29.0 Å². The average Bonchev–Trinajstić information content (AvgIpc) is 2.92. The number of hydrogen-bond acceptors (Lipinski definition) is 10.